The van der Waals surface area contributed by atoms with Gasteiger partial charge in [-0.15, -0.1) is 0 Å². The predicted molar refractivity (Wildman–Crippen MR) is 79.5 cm³/mol. The van der Waals surface area contributed by atoms with Gasteiger partial charge in [-0.05, 0) is 25.7 Å². The molecule has 1 atom stereocenters. The smallest absolute Gasteiger partial charge is 0.224 e. The minimum Gasteiger partial charge on any atom is -0.355 e. The molecule has 3 N–H and O–H groups in total. The van der Waals surface area contributed by atoms with E-state index in [9.17, 15) is 0 Å². The van der Waals surface area contributed by atoms with E-state index in [-0.39, 0.29) is 6.04 Å². The van der Waals surface area contributed by atoms with Crippen LogP contribution < -0.4 is 16.0 Å². The lowest BCUT2D eigenvalue weighted by atomic mass is 10.1. The number of nitrogens with zero attached hydrogens (tertiary/aromatic N) is 3. The second kappa shape index (κ2) is 6.19. The molecule has 1 fully saturated rings. The highest BCUT2D eigenvalue weighted by Gasteiger charge is 2.20. The molecule has 1 saturated heterocycles. The maximum Gasteiger partial charge on any atom is 0.224 e. The van der Waals surface area contributed by atoms with Crippen molar-refractivity contribution in [3.63, 3.8) is 0 Å². The zero-order valence-electron chi connectivity index (χ0n) is 12.2. The monoisotopic (exact) mass is 263 g/mol. The standard InChI is InChI=1S/C14H25N5/c1-10(2)4-6-16-14-17-11(3)8-13(18-14)19-7-5-12(15)9-19/h8,10,12H,4-7,9,15H2,1-3H3,(H,16,17,18). The number of nitrogens with one attached hydrogen (secondary N) is 1. The zero-order chi connectivity index (χ0) is 13.8. The third-order valence-electron chi connectivity index (χ3n) is 3.39. The van der Waals surface area contributed by atoms with Crippen LogP contribution in [0.15, 0.2) is 6.07 Å². The highest BCUT2D eigenvalue weighted by molar-refractivity contribution is 5.45. The van der Waals surface area contributed by atoms with Crippen LogP contribution in [0, 0.1) is 12.8 Å². The molecule has 0 radical (unpaired) electrons. The summed E-state index contributed by atoms with van der Waals surface area (Å²) in [5.41, 5.74) is 6.95. The van der Waals surface area contributed by atoms with E-state index in [4.69, 9.17) is 5.73 Å². The topological polar surface area (TPSA) is 67.1 Å². The molecule has 1 aromatic heterocycles. The Labute approximate surface area is 115 Å². The van der Waals surface area contributed by atoms with Crippen molar-refractivity contribution >= 4 is 11.8 Å². The van der Waals surface area contributed by atoms with E-state index >= 15 is 0 Å². The van der Waals surface area contributed by atoms with Crippen LogP contribution in [-0.4, -0.2) is 35.6 Å². The normalized spacial score (nSPS) is 19.2. The fourth-order valence-corrected chi connectivity index (χ4v) is 2.26. The van der Waals surface area contributed by atoms with Crippen molar-refractivity contribution in [2.24, 2.45) is 11.7 Å². The van der Waals surface area contributed by atoms with E-state index in [0.29, 0.717) is 5.92 Å². The van der Waals surface area contributed by atoms with Crippen molar-refractivity contribution in [1.82, 2.24) is 9.97 Å². The quantitative estimate of drug-likeness (QED) is 0.847. The van der Waals surface area contributed by atoms with Crippen LogP contribution in [-0.2, 0) is 0 Å². The SMILES string of the molecule is Cc1cc(N2CCC(N)C2)nc(NCCC(C)C)n1. The van der Waals surface area contributed by atoms with Crippen LogP contribution >= 0.6 is 0 Å². The molecule has 0 bridgehead atoms. The van der Waals surface area contributed by atoms with Gasteiger partial charge in [-0.25, -0.2) is 4.98 Å². The Morgan fingerprint density at radius 2 is 2.26 bits per heavy atom. The molecule has 5 nitrogen and oxygen atoms in total. The van der Waals surface area contributed by atoms with Gasteiger partial charge in [0.25, 0.3) is 0 Å². The lowest BCUT2D eigenvalue weighted by molar-refractivity contribution is 0.605. The molecule has 2 rings (SSSR count). The lowest BCUT2D eigenvalue weighted by Gasteiger charge is -2.18. The van der Waals surface area contributed by atoms with Gasteiger partial charge in [0, 0.05) is 37.4 Å². The third kappa shape index (κ3) is 4.06. The van der Waals surface area contributed by atoms with E-state index in [1.807, 2.05) is 13.0 Å². The van der Waals surface area contributed by atoms with Crippen molar-refractivity contribution in [2.45, 2.75) is 39.7 Å². The number of nitrogens with two attached hydrogens (primary N) is 1. The molecule has 0 saturated carbocycles. The number of aromatic nitrogens is 2. The molecule has 0 amide bonds. The molecule has 5 heteroatoms. The minimum atomic E-state index is 0.271. The second-order valence-corrected chi connectivity index (χ2v) is 5.80. The molecule has 1 aromatic rings. The van der Waals surface area contributed by atoms with Crippen LogP contribution in [0.3, 0.4) is 0 Å². The van der Waals surface area contributed by atoms with Gasteiger partial charge in [0.2, 0.25) is 5.95 Å². The summed E-state index contributed by atoms with van der Waals surface area (Å²) in [7, 11) is 0. The molecule has 0 spiro atoms. The van der Waals surface area contributed by atoms with Gasteiger partial charge in [-0.3, -0.25) is 0 Å². The minimum absolute atomic E-state index is 0.271. The van der Waals surface area contributed by atoms with Gasteiger partial charge in [-0.2, -0.15) is 4.98 Å². The first-order chi connectivity index (χ1) is 9.04. The van der Waals surface area contributed by atoms with Crippen molar-refractivity contribution in [3.05, 3.63) is 11.8 Å². The summed E-state index contributed by atoms with van der Waals surface area (Å²) in [4.78, 5) is 11.3. The molecule has 19 heavy (non-hydrogen) atoms. The van der Waals surface area contributed by atoms with Crippen LogP contribution in [0.5, 0.6) is 0 Å². The molecular formula is C14H25N5. The molecule has 1 aliphatic heterocycles. The van der Waals surface area contributed by atoms with Crippen molar-refractivity contribution in [1.29, 1.82) is 0 Å². The van der Waals surface area contributed by atoms with E-state index in [0.717, 1.165) is 49.9 Å². The Hall–Kier alpha value is -1.36. The highest BCUT2D eigenvalue weighted by atomic mass is 15.2. The molecule has 1 aliphatic rings. The Kier molecular flexibility index (Phi) is 4.58. The first-order valence-electron chi connectivity index (χ1n) is 7.14. The largest absolute Gasteiger partial charge is 0.355 e. The molecule has 1 unspecified atom stereocenters. The summed E-state index contributed by atoms with van der Waals surface area (Å²) in [6, 6.07) is 2.30. The van der Waals surface area contributed by atoms with Gasteiger partial charge in [0.15, 0.2) is 0 Å². The molecule has 0 aliphatic carbocycles. The van der Waals surface area contributed by atoms with E-state index in [1.54, 1.807) is 0 Å². The van der Waals surface area contributed by atoms with Crippen LogP contribution in [0.2, 0.25) is 0 Å². The molecule has 0 aromatic carbocycles. The van der Waals surface area contributed by atoms with Gasteiger partial charge < -0.3 is 16.0 Å². The Balaban J connectivity index is 2.02. The zero-order valence-corrected chi connectivity index (χ0v) is 12.2. The molecule has 2 heterocycles. The number of aryl methyl sites for hydroxylation is 1. The number of rotatable bonds is 5. The van der Waals surface area contributed by atoms with Crippen molar-refractivity contribution < 1.29 is 0 Å². The Morgan fingerprint density at radius 1 is 1.47 bits per heavy atom. The summed E-state index contributed by atoms with van der Waals surface area (Å²) in [6.07, 6.45) is 2.17. The van der Waals surface area contributed by atoms with Crippen LogP contribution in [0.1, 0.15) is 32.4 Å². The van der Waals surface area contributed by atoms with E-state index < -0.39 is 0 Å². The number of hydrogen-bond acceptors (Lipinski definition) is 5. The second-order valence-electron chi connectivity index (χ2n) is 5.80. The highest BCUT2D eigenvalue weighted by Crippen LogP contribution is 2.19. The van der Waals surface area contributed by atoms with Crippen LogP contribution in [0.25, 0.3) is 0 Å². The van der Waals surface area contributed by atoms with E-state index in [1.165, 1.54) is 0 Å². The summed E-state index contributed by atoms with van der Waals surface area (Å²) >= 11 is 0. The van der Waals surface area contributed by atoms with Crippen molar-refractivity contribution in [2.75, 3.05) is 29.9 Å². The average Bonchev–Trinajstić information content (AvgIpc) is 2.75. The number of anilines is 2. The summed E-state index contributed by atoms with van der Waals surface area (Å²) < 4.78 is 0. The number of hydrogen-bond donors (Lipinski definition) is 2. The fraction of sp³-hybridized carbons (Fsp3) is 0.714. The first-order valence-corrected chi connectivity index (χ1v) is 7.14. The summed E-state index contributed by atoms with van der Waals surface area (Å²) in [6.45, 7) is 9.24. The summed E-state index contributed by atoms with van der Waals surface area (Å²) in [5.74, 6) is 2.41. The summed E-state index contributed by atoms with van der Waals surface area (Å²) in [5, 5.41) is 3.31. The Morgan fingerprint density at radius 3 is 2.89 bits per heavy atom. The van der Waals surface area contributed by atoms with Gasteiger partial charge >= 0.3 is 0 Å². The average molecular weight is 263 g/mol. The predicted octanol–water partition coefficient (Wildman–Crippen LogP) is 1.78. The lowest BCUT2D eigenvalue weighted by Crippen LogP contribution is -2.27. The van der Waals surface area contributed by atoms with Crippen molar-refractivity contribution in [3.8, 4) is 0 Å². The molecular weight excluding hydrogens is 238 g/mol. The van der Waals surface area contributed by atoms with Gasteiger partial charge in [0.1, 0.15) is 5.82 Å². The Bertz CT molecular complexity index is 418. The van der Waals surface area contributed by atoms with E-state index in [2.05, 4.69) is 34.0 Å². The maximum absolute atomic E-state index is 5.95. The van der Waals surface area contributed by atoms with Gasteiger partial charge in [-0.1, -0.05) is 13.8 Å². The van der Waals surface area contributed by atoms with Gasteiger partial charge in [0.05, 0.1) is 0 Å². The maximum atomic E-state index is 5.95. The first kappa shape index (κ1) is 14.1. The van der Waals surface area contributed by atoms with Crippen LogP contribution in [0.4, 0.5) is 11.8 Å². The molecule has 106 valence electrons. The third-order valence-corrected chi connectivity index (χ3v) is 3.39. The fourth-order valence-electron chi connectivity index (χ4n) is 2.26.